The number of hydrogen-bond donors (Lipinski definition) is 1. The minimum absolute atomic E-state index is 0.796. The predicted molar refractivity (Wildman–Crippen MR) is 59.6 cm³/mol. The Balaban J connectivity index is 0.000000671. The summed E-state index contributed by atoms with van der Waals surface area (Å²) in [5.74, 6) is 1.61. The normalized spacial score (nSPS) is 8.23. The summed E-state index contributed by atoms with van der Waals surface area (Å²) in [6, 6.07) is 0. The van der Waals surface area contributed by atoms with Gasteiger partial charge in [-0.05, 0) is 6.08 Å². The van der Waals surface area contributed by atoms with Gasteiger partial charge in [-0.2, -0.15) is 0 Å². The lowest BCUT2D eigenvalue weighted by atomic mass is 10.6. The van der Waals surface area contributed by atoms with Crippen molar-refractivity contribution >= 4 is 18.1 Å². The first-order valence-electron chi connectivity index (χ1n) is 4.33. The molecule has 1 aromatic rings. The molecule has 13 heavy (non-hydrogen) atoms. The van der Waals surface area contributed by atoms with E-state index in [2.05, 4.69) is 23.5 Å². The van der Waals surface area contributed by atoms with Crippen LogP contribution >= 0.6 is 0 Å². The summed E-state index contributed by atoms with van der Waals surface area (Å²) < 4.78 is 1.80. The molecular formula is C10H17N3. The van der Waals surface area contributed by atoms with E-state index in [0.717, 1.165) is 11.6 Å². The summed E-state index contributed by atoms with van der Waals surface area (Å²) in [5, 5.41) is 2.93. The van der Waals surface area contributed by atoms with Gasteiger partial charge in [-0.1, -0.05) is 27.0 Å². The number of aromatic nitrogens is 2. The summed E-state index contributed by atoms with van der Waals surface area (Å²) in [6.07, 6.45) is 5.22. The predicted octanol–water partition coefficient (Wildman–Crippen LogP) is 2.69. The maximum Gasteiger partial charge on any atom is 0.145 e. The van der Waals surface area contributed by atoms with Crippen molar-refractivity contribution in [1.82, 2.24) is 9.55 Å². The topological polar surface area (TPSA) is 29.9 Å². The van der Waals surface area contributed by atoms with Crippen LogP contribution in [0.2, 0.25) is 0 Å². The van der Waals surface area contributed by atoms with Gasteiger partial charge < -0.3 is 9.88 Å². The zero-order valence-electron chi connectivity index (χ0n) is 8.54. The maximum absolute atomic E-state index is 4.18. The van der Waals surface area contributed by atoms with Crippen molar-refractivity contribution < 1.29 is 0 Å². The van der Waals surface area contributed by atoms with Gasteiger partial charge in [-0.3, -0.25) is 0 Å². The lowest BCUT2D eigenvalue weighted by Gasteiger charge is -1.91. The SMILES string of the molecule is C=Cc1nc(NC)cn1C=C.CC. The molecule has 0 saturated carbocycles. The molecule has 0 saturated heterocycles. The molecule has 0 fully saturated rings. The Morgan fingerprint density at radius 1 is 1.46 bits per heavy atom. The van der Waals surface area contributed by atoms with E-state index in [1.165, 1.54) is 0 Å². The monoisotopic (exact) mass is 179 g/mol. The average molecular weight is 179 g/mol. The molecule has 0 unspecified atom stereocenters. The summed E-state index contributed by atoms with van der Waals surface area (Å²) in [4.78, 5) is 4.18. The molecule has 72 valence electrons. The van der Waals surface area contributed by atoms with E-state index in [9.17, 15) is 0 Å². The van der Waals surface area contributed by atoms with Crippen LogP contribution in [-0.2, 0) is 0 Å². The first-order chi connectivity index (χ1) is 6.31. The molecule has 1 heterocycles. The van der Waals surface area contributed by atoms with Crippen molar-refractivity contribution in [2.24, 2.45) is 0 Å². The van der Waals surface area contributed by atoms with E-state index in [0.29, 0.717) is 0 Å². The molecule has 0 amide bonds. The number of imidazole rings is 1. The van der Waals surface area contributed by atoms with Crippen LogP contribution in [0, 0.1) is 0 Å². The molecule has 1 rings (SSSR count). The number of nitrogens with zero attached hydrogens (tertiary/aromatic N) is 2. The minimum atomic E-state index is 0.796. The number of nitrogens with one attached hydrogen (secondary N) is 1. The highest BCUT2D eigenvalue weighted by Gasteiger charge is 1.98. The van der Waals surface area contributed by atoms with Crippen molar-refractivity contribution in [1.29, 1.82) is 0 Å². The van der Waals surface area contributed by atoms with Gasteiger partial charge in [0.05, 0.1) is 6.20 Å². The smallest absolute Gasteiger partial charge is 0.145 e. The van der Waals surface area contributed by atoms with Crippen LogP contribution in [0.3, 0.4) is 0 Å². The Morgan fingerprint density at radius 2 is 2.08 bits per heavy atom. The van der Waals surface area contributed by atoms with Crippen LogP contribution in [0.1, 0.15) is 19.7 Å². The zero-order chi connectivity index (χ0) is 10.3. The standard InChI is InChI=1S/C8H11N3.C2H6/c1-4-8-10-7(9-3)6-11(8)5-2;1-2/h4-6,9H,1-2H2,3H3;1-2H3. The largest absolute Gasteiger partial charge is 0.372 e. The molecule has 0 radical (unpaired) electrons. The number of anilines is 1. The molecular weight excluding hydrogens is 162 g/mol. The lowest BCUT2D eigenvalue weighted by molar-refractivity contribution is 1.11. The maximum atomic E-state index is 4.18. The van der Waals surface area contributed by atoms with E-state index in [1.54, 1.807) is 16.8 Å². The molecule has 0 aliphatic heterocycles. The quantitative estimate of drug-likeness (QED) is 0.773. The van der Waals surface area contributed by atoms with Gasteiger partial charge in [-0.25, -0.2) is 4.98 Å². The van der Waals surface area contributed by atoms with Gasteiger partial charge in [0.2, 0.25) is 0 Å². The summed E-state index contributed by atoms with van der Waals surface area (Å²) in [7, 11) is 1.82. The van der Waals surface area contributed by atoms with Crippen LogP contribution in [0.4, 0.5) is 5.82 Å². The number of rotatable bonds is 3. The van der Waals surface area contributed by atoms with Gasteiger partial charge in [0, 0.05) is 13.2 Å². The van der Waals surface area contributed by atoms with Crippen LogP contribution < -0.4 is 5.32 Å². The lowest BCUT2D eigenvalue weighted by Crippen LogP contribution is -1.86. The molecule has 0 aliphatic carbocycles. The Hall–Kier alpha value is -1.51. The average Bonchev–Trinajstić information content (AvgIpc) is 2.63. The van der Waals surface area contributed by atoms with Crippen LogP contribution in [0.15, 0.2) is 19.4 Å². The molecule has 3 nitrogen and oxygen atoms in total. The molecule has 3 heteroatoms. The van der Waals surface area contributed by atoms with Crippen molar-refractivity contribution in [2.75, 3.05) is 12.4 Å². The van der Waals surface area contributed by atoms with Crippen molar-refractivity contribution in [3.63, 3.8) is 0 Å². The Kier molecular flexibility index (Phi) is 5.35. The van der Waals surface area contributed by atoms with Gasteiger partial charge in [0.1, 0.15) is 11.6 Å². The summed E-state index contributed by atoms with van der Waals surface area (Å²) in [6.45, 7) is 11.3. The molecule has 0 aliphatic rings. The van der Waals surface area contributed by atoms with E-state index in [4.69, 9.17) is 0 Å². The Morgan fingerprint density at radius 3 is 2.38 bits per heavy atom. The minimum Gasteiger partial charge on any atom is -0.372 e. The van der Waals surface area contributed by atoms with Crippen LogP contribution in [0.5, 0.6) is 0 Å². The molecule has 0 spiro atoms. The fourth-order valence-corrected chi connectivity index (χ4v) is 0.826. The third kappa shape index (κ3) is 2.78. The van der Waals surface area contributed by atoms with Crippen molar-refractivity contribution in [3.05, 3.63) is 25.2 Å². The second-order valence-corrected chi connectivity index (χ2v) is 2.03. The fraction of sp³-hybridized carbons (Fsp3) is 0.300. The first kappa shape index (κ1) is 11.5. The number of hydrogen-bond acceptors (Lipinski definition) is 2. The first-order valence-corrected chi connectivity index (χ1v) is 4.33. The highest BCUT2D eigenvalue weighted by molar-refractivity contribution is 5.48. The van der Waals surface area contributed by atoms with Crippen LogP contribution in [-0.4, -0.2) is 16.6 Å². The van der Waals surface area contributed by atoms with E-state index in [-0.39, 0.29) is 0 Å². The molecule has 1 N–H and O–H groups in total. The second kappa shape index (κ2) is 6.06. The van der Waals surface area contributed by atoms with Gasteiger partial charge in [0.15, 0.2) is 0 Å². The Bertz CT molecular complexity index is 248. The highest BCUT2D eigenvalue weighted by atomic mass is 15.1. The fourth-order valence-electron chi connectivity index (χ4n) is 0.826. The van der Waals surface area contributed by atoms with Gasteiger partial charge in [0.25, 0.3) is 0 Å². The van der Waals surface area contributed by atoms with E-state index >= 15 is 0 Å². The zero-order valence-corrected chi connectivity index (χ0v) is 8.54. The highest BCUT2D eigenvalue weighted by Crippen LogP contribution is 2.08. The van der Waals surface area contributed by atoms with E-state index < -0.39 is 0 Å². The summed E-state index contributed by atoms with van der Waals surface area (Å²) in [5.41, 5.74) is 0. The van der Waals surface area contributed by atoms with Crippen molar-refractivity contribution in [2.45, 2.75) is 13.8 Å². The Labute approximate surface area is 79.8 Å². The third-order valence-corrected chi connectivity index (χ3v) is 1.40. The van der Waals surface area contributed by atoms with Crippen LogP contribution in [0.25, 0.3) is 12.3 Å². The molecule has 1 aromatic heterocycles. The molecule has 0 aromatic carbocycles. The van der Waals surface area contributed by atoms with Gasteiger partial charge >= 0.3 is 0 Å². The second-order valence-electron chi connectivity index (χ2n) is 2.03. The molecule has 0 atom stereocenters. The third-order valence-electron chi connectivity index (χ3n) is 1.40. The van der Waals surface area contributed by atoms with Gasteiger partial charge in [-0.15, -0.1) is 0 Å². The van der Waals surface area contributed by atoms with Crippen molar-refractivity contribution in [3.8, 4) is 0 Å². The summed E-state index contributed by atoms with van der Waals surface area (Å²) >= 11 is 0. The van der Waals surface area contributed by atoms with E-state index in [1.807, 2.05) is 27.1 Å². The molecule has 0 bridgehead atoms.